The maximum atomic E-state index is 14.5. The van der Waals surface area contributed by atoms with Crippen molar-refractivity contribution in [2.75, 3.05) is 36.1 Å². The molecule has 0 aliphatic carbocycles. The number of carbonyl (C=O) groups is 1. The van der Waals surface area contributed by atoms with Crippen LogP contribution >= 0.6 is 0 Å². The van der Waals surface area contributed by atoms with Crippen molar-refractivity contribution in [3.05, 3.63) is 42.0 Å². The van der Waals surface area contributed by atoms with Gasteiger partial charge in [-0.15, -0.1) is 0 Å². The van der Waals surface area contributed by atoms with Gasteiger partial charge >= 0.3 is 0 Å². The van der Waals surface area contributed by atoms with Crippen molar-refractivity contribution in [3.8, 4) is 0 Å². The number of anilines is 2. The highest BCUT2D eigenvalue weighted by Gasteiger charge is 2.35. The van der Waals surface area contributed by atoms with E-state index in [4.69, 9.17) is 0 Å². The summed E-state index contributed by atoms with van der Waals surface area (Å²) in [7, 11) is -3.49. The van der Waals surface area contributed by atoms with E-state index in [0.717, 1.165) is 50.2 Å². The van der Waals surface area contributed by atoms with E-state index < -0.39 is 21.7 Å². The van der Waals surface area contributed by atoms with Crippen LogP contribution in [0.25, 0.3) is 0 Å². The van der Waals surface area contributed by atoms with Crippen LogP contribution in [0.3, 0.4) is 0 Å². The zero-order valence-electron chi connectivity index (χ0n) is 18.3. The normalized spacial score (nSPS) is 20.5. The number of hydrogen-bond acceptors (Lipinski definition) is 7. The van der Waals surface area contributed by atoms with Gasteiger partial charge in [0.15, 0.2) is 9.84 Å². The Bertz CT molecular complexity index is 1090. The summed E-state index contributed by atoms with van der Waals surface area (Å²) in [6, 6.07) is 3.34. The molecule has 0 spiro atoms. The van der Waals surface area contributed by atoms with E-state index in [9.17, 15) is 17.6 Å². The van der Waals surface area contributed by atoms with E-state index in [1.165, 1.54) is 12.1 Å². The van der Waals surface area contributed by atoms with Crippen LogP contribution in [0.4, 0.5) is 16.0 Å². The number of nitrogens with one attached hydrogen (secondary N) is 1. The number of aryl methyl sites for hydroxylation is 1. The number of hydrogen-bond donors (Lipinski definition) is 1. The Hall–Kier alpha value is -2.75. The van der Waals surface area contributed by atoms with Crippen molar-refractivity contribution in [2.24, 2.45) is 0 Å². The van der Waals surface area contributed by atoms with Crippen molar-refractivity contribution < 1.29 is 17.6 Å². The zero-order valence-corrected chi connectivity index (χ0v) is 19.1. The average Bonchev–Trinajstić information content (AvgIpc) is 2.76. The lowest BCUT2D eigenvalue weighted by molar-refractivity contribution is -0.137. The van der Waals surface area contributed by atoms with Crippen molar-refractivity contribution in [3.63, 3.8) is 0 Å². The first-order valence-electron chi connectivity index (χ1n) is 10.8. The Kier molecular flexibility index (Phi) is 6.32. The molecule has 172 valence electrons. The third kappa shape index (κ3) is 4.85. The smallest absolute Gasteiger partial charge is 0.245 e. The van der Waals surface area contributed by atoms with Crippen LogP contribution in [-0.2, 0) is 14.6 Å². The monoisotopic (exact) mass is 461 g/mol. The molecule has 32 heavy (non-hydrogen) atoms. The van der Waals surface area contributed by atoms with Crippen molar-refractivity contribution in [1.29, 1.82) is 0 Å². The van der Waals surface area contributed by atoms with Crippen LogP contribution in [0, 0.1) is 12.7 Å². The fraction of sp³-hybridized carbons (Fsp3) is 0.500. The number of sulfone groups is 1. The largest absolute Gasteiger partial charge is 0.371 e. The van der Waals surface area contributed by atoms with Gasteiger partial charge in [-0.25, -0.2) is 22.8 Å². The second kappa shape index (κ2) is 9.01. The van der Waals surface area contributed by atoms with Gasteiger partial charge in [0.25, 0.3) is 0 Å². The average molecular weight is 462 g/mol. The summed E-state index contributed by atoms with van der Waals surface area (Å²) in [5, 5.41) is 3.00. The first-order chi connectivity index (χ1) is 15.2. The van der Waals surface area contributed by atoms with Gasteiger partial charge in [-0.1, -0.05) is 0 Å². The molecule has 1 atom stereocenters. The molecule has 4 rings (SSSR count). The topological polar surface area (TPSA) is 95.5 Å². The molecule has 1 aromatic carbocycles. The number of piperidine rings is 2. The summed E-state index contributed by atoms with van der Waals surface area (Å²) >= 11 is 0. The summed E-state index contributed by atoms with van der Waals surface area (Å²) in [6.07, 6.45) is 7.74. The summed E-state index contributed by atoms with van der Waals surface area (Å²) in [5.74, 6) is 0.00343. The first kappa shape index (κ1) is 22.4. The molecule has 0 bridgehead atoms. The fourth-order valence-corrected chi connectivity index (χ4v) is 4.99. The van der Waals surface area contributed by atoms with Gasteiger partial charge in [0.05, 0.1) is 10.6 Å². The van der Waals surface area contributed by atoms with Gasteiger partial charge in [-0.2, -0.15) is 0 Å². The van der Waals surface area contributed by atoms with Gasteiger partial charge in [0.2, 0.25) is 11.9 Å². The summed E-state index contributed by atoms with van der Waals surface area (Å²) < 4.78 is 37.7. The number of halogens is 1. The lowest BCUT2D eigenvalue weighted by atomic mass is 9.97. The number of rotatable bonds is 5. The molecular weight excluding hydrogens is 433 g/mol. The number of benzene rings is 1. The van der Waals surface area contributed by atoms with Crippen LogP contribution in [-0.4, -0.2) is 67.2 Å². The van der Waals surface area contributed by atoms with E-state index in [-0.39, 0.29) is 22.5 Å². The third-order valence-electron chi connectivity index (χ3n) is 6.13. The quantitative estimate of drug-likeness (QED) is 0.731. The molecule has 2 saturated heterocycles. The van der Waals surface area contributed by atoms with Gasteiger partial charge in [-0.05, 0) is 56.4 Å². The Morgan fingerprint density at radius 2 is 1.78 bits per heavy atom. The Balaban J connectivity index is 1.39. The van der Waals surface area contributed by atoms with Crippen LogP contribution in [0.2, 0.25) is 0 Å². The number of likely N-dealkylation sites (tertiary alicyclic amines) is 1. The summed E-state index contributed by atoms with van der Waals surface area (Å²) in [5.41, 5.74) is 1.16. The van der Waals surface area contributed by atoms with Crippen LogP contribution in [0.5, 0.6) is 0 Å². The van der Waals surface area contributed by atoms with E-state index in [2.05, 4.69) is 20.2 Å². The highest BCUT2D eigenvalue weighted by Crippen LogP contribution is 2.27. The second-order valence-corrected chi connectivity index (χ2v) is 10.6. The first-order valence-corrected chi connectivity index (χ1v) is 12.7. The maximum absolute atomic E-state index is 14.5. The molecule has 2 aromatic rings. The molecule has 2 fully saturated rings. The van der Waals surface area contributed by atoms with Gasteiger partial charge in [-0.3, -0.25) is 4.79 Å². The molecule has 3 heterocycles. The van der Waals surface area contributed by atoms with Crippen molar-refractivity contribution in [1.82, 2.24) is 14.9 Å². The molecule has 2 aliphatic heterocycles. The molecule has 1 unspecified atom stereocenters. The minimum absolute atomic E-state index is 0.0344. The van der Waals surface area contributed by atoms with E-state index in [1.54, 1.807) is 12.4 Å². The standard InChI is InChI=1S/C22H28FN5O3S/c1-15-13-24-22(25-14-15)27-10-7-16(8-11-27)28-9-3-4-20(21(28)29)26-19-6-5-17(12-18(19)23)32(2,30)31/h5-6,12-14,16,20,26H,3-4,7-11H2,1-2H3. The SMILES string of the molecule is Cc1cnc(N2CCC(N3CCCC(Nc4ccc(S(C)(=O)=O)cc4F)C3=O)CC2)nc1. The maximum Gasteiger partial charge on any atom is 0.245 e. The van der Waals surface area contributed by atoms with Gasteiger partial charge < -0.3 is 15.1 Å². The van der Waals surface area contributed by atoms with Crippen LogP contribution in [0.1, 0.15) is 31.2 Å². The Morgan fingerprint density at radius 3 is 2.41 bits per heavy atom. The number of amides is 1. The molecule has 1 N–H and O–H groups in total. The highest BCUT2D eigenvalue weighted by molar-refractivity contribution is 7.90. The predicted octanol–water partition coefficient (Wildman–Crippen LogP) is 2.40. The zero-order chi connectivity index (χ0) is 22.9. The van der Waals surface area contributed by atoms with E-state index in [1.807, 2.05) is 11.8 Å². The summed E-state index contributed by atoms with van der Waals surface area (Å²) in [6.45, 7) is 4.20. The van der Waals surface area contributed by atoms with E-state index in [0.29, 0.717) is 18.9 Å². The third-order valence-corrected chi connectivity index (χ3v) is 7.24. The summed E-state index contributed by atoms with van der Waals surface area (Å²) in [4.78, 5) is 25.9. The van der Waals surface area contributed by atoms with Crippen LogP contribution in [0.15, 0.2) is 35.5 Å². The Morgan fingerprint density at radius 1 is 1.09 bits per heavy atom. The molecule has 0 radical (unpaired) electrons. The molecule has 1 aromatic heterocycles. The Labute approximate surface area is 187 Å². The van der Waals surface area contributed by atoms with Crippen molar-refractivity contribution >= 4 is 27.4 Å². The lowest BCUT2D eigenvalue weighted by Crippen LogP contribution is -2.54. The molecule has 0 saturated carbocycles. The van der Waals surface area contributed by atoms with Gasteiger partial charge in [0, 0.05) is 44.3 Å². The molecular formula is C22H28FN5O3S. The van der Waals surface area contributed by atoms with Gasteiger partial charge in [0.1, 0.15) is 11.9 Å². The molecule has 1 amide bonds. The molecule has 10 heteroatoms. The highest BCUT2D eigenvalue weighted by atomic mass is 32.2. The minimum atomic E-state index is -3.49. The van der Waals surface area contributed by atoms with Crippen LogP contribution < -0.4 is 10.2 Å². The van der Waals surface area contributed by atoms with Crippen molar-refractivity contribution in [2.45, 2.75) is 49.6 Å². The second-order valence-electron chi connectivity index (χ2n) is 8.56. The predicted molar refractivity (Wildman–Crippen MR) is 120 cm³/mol. The number of aromatic nitrogens is 2. The lowest BCUT2D eigenvalue weighted by Gasteiger charge is -2.42. The minimum Gasteiger partial charge on any atom is -0.371 e. The molecule has 8 nitrogen and oxygen atoms in total. The number of nitrogens with zero attached hydrogens (tertiary/aromatic N) is 4. The fourth-order valence-electron chi connectivity index (χ4n) is 4.35. The number of carbonyl (C=O) groups excluding carboxylic acids is 1. The van der Waals surface area contributed by atoms with E-state index >= 15 is 0 Å². The molecule has 2 aliphatic rings.